The van der Waals surface area contributed by atoms with Gasteiger partial charge in [0.1, 0.15) is 11.5 Å². The number of ketones is 1. The van der Waals surface area contributed by atoms with Crippen molar-refractivity contribution in [1.82, 2.24) is 15.2 Å². The summed E-state index contributed by atoms with van der Waals surface area (Å²) in [6.07, 6.45) is 5.41. The Kier molecular flexibility index (Phi) is 8.90. The molecule has 0 radical (unpaired) electrons. The van der Waals surface area contributed by atoms with Crippen LogP contribution in [-0.4, -0.2) is 47.1 Å². The molecule has 1 aromatic heterocycles. The van der Waals surface area contributed by atoms with E-state index in [1.807, 2.05) is 12.1 Å². The van der Waals surface area contributed by atoms with E-state index in [-0.39, 0.29) is 49.3 Å². The van der Waals surface area contributed by atoms with Crippen molar-refractivity contribution in [3.8, 4) is 11.5 Å². The first-order valence-electron chi connectivity index (χ1n) is 12.5. The molecule has 9 heteroatoms. The third-order valence-corrected chi connectivity index (χ3v) is 7.25. The van der Waals surface area contributed by atoms with Crippen LogP contribution in [0.15, 0.2) is 42.7 Å². The van der Waals surface area contributed by atoms with E-state index in [2.05, 4.69) is 15.2 Å². The Morgan fingerprint density at radius 3 is 2.44 bits per heavy atom. The molecule has 2 aliphatic rings. The number of amides is 1. The van der Waals surface area contributed by atoms with Crippen LogP contribution >= 0.6 is 11.6 Å². The molecule has 1 aromatic carbocycles. The molecular weight excluding hydrogens is 488 g/mol. The summed E-state index contributed by atoms with van der Waals surface area (Å²) in [7, 11) is 0. The smallest absolute Gasteiger partial charge is 0.248 e. The van der Waals surface area contributed by atoms with Gasteiger partial charge in [0.25, 0.3) is 0 Å². The highest BCUT2D eigenvalue weighted by Gasteiger charge is 2.35. The number of carbonyl (C=O) groups is 2. The number of piperidine rings is 1. The van der Waals surface area contributed by atoms with E-state index in [1.54, 1.807) is 30.6 Å². The first kappa shape index (κ1) is 26.5. The highest BCUT2D eigenvalue weighted by Crippen LogP contribution is 2.37. The zero-order chi connectivity index (χ0) is 25.5. The normalized spacial score (nSPS) is 19.1. The second-order valence-electron chi connectivity index (χ2n) is 9.88. The van der Waals surface area contributed by atoms with Crippen LogP contribution in [0.2, 0.25) is 5.02 Å². The van der Waals surface area contributed by atoms with E-state index in [0.717, 1.165) is 31.5 Å². The zero-order valence-electron chi connectivity index (χ0n) is 20.2. The lowest BCUT2D eigenvalue weighted by atomic mass is 9.84. The number of pyridine rings is 1. The third-order valence-electron chi connectivity index (χ3n) is 7.04. The second-order valence-corrected chi connectivity index (χ2v) is 10.3. The largest absolute Gasteiger partial charge is 0.457 e. The maximum absolute atomic E-state index is 13.3. The monoisotopic (exact) mass is 519 g/mol. The number of benzene rings is 1. The topological polar surface area (TPSA) is 71.5 Å². The predicted octanol–water partition coefficient (Wildman–Crippen LogP) is 5.64. The van der Waals surface area contributed by atoms with Crippen molar-refractivity contribution in [2.24, 2.45) is 11.8 Å². The predicted molar refractivity (Wildman–Crippen MR) is 133 cm³/mol. The number of hydrogen-bond acceptors (Lipinski definition) is 5. The Hall–Kier alpha value is -2.58. The van der Waals surface area contributed by atoms with Crippen molar-refractivity contribution >= 4 is 23.3 Å². The molecule has 1 aliphatic heterocycles. The highest BCUT2D eigenvalue weighted by atomic mass is 35.5. The average Bonchev–Trinajstić information content (AvgIpc) is 2.84. The van der Waals surface area contributed by atoms with E-state index in [9.17, 15) is 18.4 Å². The molecule has 1 saturated carbocycles. The summed E-state index contributed by atoms with van der Waals surface area (Å²) in [6.45, 7) is 2.25. The van der Waals surface area contributed by atoms with Gasteiger partial charge in [-0.05, 0) is 80.6 Å². The van der Waals surface area contributed by atoms with E-state index in [4.69, 9.17) is 16.3 Å². The fourth-order valence-electron chi connectivity index (χ4n) is 4.95. The van der Waals surface area contributed by atoms with Crippen LogP contribution in [0.3, 0.4) is 0 Å². The van der Waals surface area contributed by atoms with Gasteiger partial charge >= 0.3 is 0 Å². The summed E-state index contributed by atoms with van der Waals surface area (Å²) >= 11 is 6.31. The lowest BCUT2D eigenvalue weighted by molar-refractivity contribution is -0.128. The zero-order valence-corrected chi connectivity index (χ0v) is 21.0. The molecule has 2 fully saturated rings. The van der Waals surface area contributed by atoms with Crippen molar-refractivity contribution < 1.29 is 23.1 Å². The Labute approximate surface area is 215 Å². The number of nitrogens with one attached hydrogen (secondary N) is 1. The maximum Gasteiger partial charge on any atom is 0.248 e. The standard InChI is InChI=1S/C27H32ClF2N3O3/c28-22-13-20(14-24(16-22)36-23-3-9-31-10-4-23)18-33-11-5-21(6-12-33)25(34)17-32-26(35)15-19-1-7-27(29,30)8-2-19/h3-4,9-10,13-14,16,19,21H,1-2,5-8,11-12,15,17-18H2,(H,32,35). The SMILES string of the molecule is O=C(CC1CCC(F)(F)CC1)NCC(=O)C1CCN(Cc2cc(Cl)cc(Oc3ccncc3)c2)CC1. The summed E-state index contributed by atoms with van der Waals surface area (Å²) in [4.78, 5) is 31.1. The number of likely N-dealkylation sites (tertiary alicyclic amines) is 1. The van der Waals surface area contributed by atoms with Crippen molar-refractivity contribution in [2.45, 2.75) is 57.4 Å². The van der Waals surface area contributed by atoms with E-state index in [1.165, 1.54) is 0 Å². The number of halogens is 3. The van der Waals surface area contributed by atoms with E-state index in [0.29, 0.717) is 35.9 Å². The second kappa shape index (κ2) is 12.1. The Morgan fingerprint density at radius 1 is 1.06 bits per heavy atom. The van der Waals surface area contributed by atoms with Gasteiger partial charge in [0.05, 0.1) is 6.54 Å². The van der Waals surface area contributed by atoms with Crippen LogP contribution in [0, 0.1) is 11.8 Å². The molecule has 4 rings (SSSR count). The summed E-state index contributed by atoms with van der Waals surface area (Å²) < 4.78 is 32.4. The molecule has 0 atom stereocenters. The lowest BCUT2D eigenvalue weighted by Gasteiger charge is -2.31. The Morgan fingerprint density at radius 2 is 1.75 bits per heavy atom. The molecular formula is C27H32ClF2N3O3. The van der Waals surface area contributed by atoms with E-state index >= 15 is 0 Å². The summed E-state index contributed by atoms with van der Waals surface area (Å²) in [5.74, 6) is -1.54. The van der Waals surface area contributed by atoms with Gasteiger partial charge in [0.15, 0.2) is 5.78 Å². The number of aromatic nitrogens is 1. The summed E-state index contributed by atoms with van der Waals surface area (Å²) in [6, 6.07) is 9.21. The molecule has 1 N–H and O–H groups in total. The highest BCUT2D eigenvalue weighted by molar-refractivity contribution is 6.30. The van der Waals surface area contributed by atoms with Gasteiger partial charge in [0.2, 0.25) is 11.8 Å². The quantitative estimate of drug-likeness (QED) is 0.464. The number of Topliss-reactive ketones (excluding diaryl/α,β-unsaturated/α-hetero) is 1. The maximum atomic E-state index is 13.3. The number of rotatable bonds is 9. The van der Waals surface area contributed by atoms with Gasteiger partial charge < -0.3 is 10.1 Å². The van der Waals surface area contributed by atoms with Crippen LogP contribution in [0.4, 0.5) is 8.78 Å². The molecule has 0 unspecified atom stereocenters. The van der Waals surface area contributed by atoms with Crippen molar-refractivity contribution in [3.63, 3.8) is 0 Å². The van der Waals surface area contributed by atoms with Crippen molar-refractivity contribution in [2.75, 3.05) is 19.6 Å². The summed E-state index contributed by atoms with van der Waals surface area (Å²) in [5.41, 5.74) is 1.03. The molecule has 1 aliphatic carbocycles. The van der Waals surface area contributed by atoms with Gasteiger partial charge in [-0.2, -0.15) is 0 Å². The Bertz CT molecular complexity index is 1040. The van der Waals surface area contributed by atoms with Crippen molar-refractivity contribution in [1.29, 1.82) is 0 Å². The first-order chi connectivity index (χ1) is 17.3. The number of carbonyl (C=O) groups excluding carboxylic acids is 2. The fourth-order valence-corrected chi connectivity index (χ4v) is 5.20. The van der Waals surface area contributed by atoms with Gasteiger partial charge in [-0.1, -0.05) is 11.6 Å². The van der Waals surface area contributed by atoms with Crippen LogP contribution in [0.1, 0.15) is 50.5 Å². The van der Waals surface area contributed by atoms with Crippen molar-refractivity contribution in [3.05, 3.63) is 53.3 Å². The fraction of sp³-hybridized carbons (Fsp3) is 0.519. The number of alkyl halides is 2. The minimum absolute atomic E-state index is 0.0103. The number of hydrogen-bond donors (Lipinski definition) is 1. The number of nitrogens with zero attached hydrogens (tertiary/aromatic N) is 2. The van der Waals surface area contributed by atoms with Gasteiger partial charge in [-0.25, -0.2) is 8.78 Å². The Balaban J connectivity index is 1.19. The molecule has 0 spiro atoms. The number of ether oxygens (including phenoxy) is 1. The molecule has 6 nitrogen and oxygen atoms in total. The van der Waals surface area contributed by atoms with Crippen LogP contribution in [0.25, 0.3) is 0 Å². The molecule has 0 bridgehead atoms. The van der Waals surface area contributed by atoms with Crippen LogP contribution in [-0.2, 0) is 16.1 Å². The molecule has 194 valence electrons. The first-order valence-corrected chi connectivity index (χ1v) is 12.9. The van der Waals surface area contributed by atoms with Crippen LogP contribution in [0.5, 0.6) is 11.5 Å². The minimum Gasteiger partial charge on any atom is -0.457 e. The molecule has 2 heterocycles. The van der Waals surface area contributed by atoms with Gasteiger partial charge in [0, 0.05) is 49.1 Å². The third kappa shape index (κ3) is 7.96. The lowest BCUT2D eigenvalue weighted by Crippen LogP contribution is -2.40. The minimum atomic E-state index is -2.60. The molecule has 2 aromatic rings. The van der Waals surface area contributed by atoms with Crippen LogP contribution < -0.4 is 10.1 Å². The van der Waals surface area contributed by atoms with Gasteiger partial charge in [-0.15, -0.1) is 0 Å². The van der Waals surface area contributed by atoms with E-state index < -0.39 is 5.92 Å². The average molecular weight is 520 g/mol. The molecule has 1 saturated heterocycles. The molecule has 1 amide bonds. The van der Waals surface area contributed by atoms with Gasteiger partial charge in [-0.3, -0.25) is 19.5 Å². The molecule has 36 heavy (non-hydrogen) atoms. The summed E-state index contributed by atoms with van der Waals surface area (Å²) in [5, 5.41) is 3.31.